The molecule has 0 saturated carbocycles. The molecule has 2 aromatic rings. The molecular formula is C21H22FNO2. The Kier molecular flexibility index (Phi) is 4.55. The Hall–Kier alpha value is -2.17. The number of aliphatic hydroxyl groups is 1. The van der Waals surface area contributed by atoms with Gasteiger partial charge >= 0.3 is 0 Å². The van der Waals surface area contributed by atoms with Crippen molar-refractivity contribution < 1.29 is 14.2 Å². The van der Waals surface area contributed by atoms with Crippen LogP contribution >= 0.6 is 0 Å². The van der Waals surface area contributed by atoms with E-state index in [1.54, 1.807) is 0 Å². The smallest absolute Gasteiger partial charge is 0.123 e. The zero-order valence-electron chi connectivity index (χ0n) is 14.1. The molecule has 3 nitrogen and oxygen atoms in total. The molecule has 1 atom stereocenters. The highest BCUT2D eigenvalue weighted by Gasteiger charge is 2.19. The van der Waals surface area contributed by atoms with Gasteiger partial charge in [-0.05, 0) is 52.9 Å². The number of aliphatic hydroxyl groups excluding tert-OH is 1. The number of hydrogen-bond donors (Lipinski definition) is 1. The van der Waals surface area contributed by atoms with Crippen LogP contribution in [0.15, 0.2) is 48.5 Å². The predicted octanol–water partition coefficient (Wildman–Crippen LogP) is 3.58. The number of fused-ring (bicyclic) bond motifs is 1. The van der Waals surface area contributed by atoms with Crippen LogP contribution in [0.4, 0.5) is 4.39 Å². The first-order valence-electron chi connectivity index (χ1n) is 8.80. The summed E-state index contributed by atoms with van der Waals surface area (Å²) in [6.07, 6.45) is 3.52. The molecule has 1 N–H and O–H groups in total. The van der Waals surface area contributed by atoms with E-state index in [4.69, 9.17) is 4.74 Å². The maximum absolute atomic E-state index is 13.0. The van der Waals surface area contributed by atoms with Crippen LogP contribution in [0, 0.1) is 5.82 Å². The fourth-order valence-electron chi connectivity index (χ4n) is 3.57. The van der Waals surface area contributed by atoms with E-state index in [1.807, 2.05) is 24.3 Å². The number of benzene rings is 2. The molecule has 0 radical (unpaired) electrons. The summed E-state index contributed by atoms with van der Waals surface area (Å²) < 4.78 is 18.6. The van der Waals surface area contributed by atoms with E-state index in [0.717, 1.165) is 49.4 Å². The quantitative estimate of drug-likeness (QED) is 0.924. The van der Waals surface area contributed by atoms with Gasteiger partial charge in [0.15, 0.2) is 0 Å². The molecular weight excluding hydrogens is 317 g/mol. The maximum Gasteiger partial charge on any atom is 0.123 e. The van der Waals surface area contributed by atoms with Gasteiger partial charge in [0.2, 0.25) is 0 Å². The van der Waals surface area contributed by atoms with E-state index in [2.05, 4.69) is 17.0 Å². The minimum absolute atomic E-state index is 0.204. The van der Waals surface area contributed by atoms with Crippen molar-refractivity contribution in [2.45, 2.75) is 18.9 Å². The summed E-state index contributed by atoms with van der Waals surface area (Å²) in [5.74, 6) is 0.741. The molecule has 4 heteroatoms. The Morgan fingerprint density at radius 2 is 1.96 bits per heavy atom. The average Bonchev–Trinajstić information content (AvgIpc) is 3.11. The second kappa shape index (κ2) is 6.98. The van der Waals surface area contributed by atoms with Gasteiger partial charge in [0.1, 0.15) is 11.6 Å². The van der Waals surface area contributed by atoms with Gasteiger partial charge in [-0.2, -0.15) is 0 Å². The summed E-state index contributed by atoms with van der Waals surface area (Å²) in [5, 5.41) is 10.6. The Balaban J connectivity index is 1.38. The van der Waals surface area contributed by atoms with Crippen LogP contribution in [-0.4, -0.2) is 36.2 Å². The van der Waals surface area contributed by atoms with E-state index in [-0.39, 0.29) is 5.82 Å². The molecule has 0 aromatic heterocycles. The molecule has 2 aromatic carbocycles. The van der Waals surface area contributed by atoms with Crippen LogP contribution in [0.5, 0.6) is 5.75 Å². The summed E-state index contributed by atoms with van der Waals surface area (Å²) in [5.41, 5.74) is 4.48. The Morgan fingerprint density at radius 3 is 2.72 bits per heavy atom. The van der Waals surface area contributed by atoms with Crippen molar-refractivity contribution in [3.05, 3.63) is 71.0 Å². The standard InChI is InChI=1S/C21H22FNO2/c22-19-4-1-15(2-5-19)16-7-10-23(11-8-16)14-20(24)17-3-6-21-18(13-17)9-12-25-21/h1-7,13,20,24H,8-12,14H2. The SMILES string of the molecule is OC(CN1CC=C(c2ccc(F)cc2)CC1)c1ccc2c(c1)CCO2. The highest BCUT2D eigenvalue weighted by Crippen LogP contribution is 2.29. The maximum atomic E-state index is 13.0. The molecule has 2 heterocycles. The van der Waals surface area contributed by atoms with Crippen LogP contribution in [0.2, 0.25) is 0 Å². The fraction of sp³-hybridized carbons (Fsp3) is 0.333. The van der Waals surface area contributed by atoms with Crippen molar-refractivity contribution in [1.82, 2.24) is 4.90 Å². The topological polar surface area (TPSA) is 32.7 Å². The number of hydrogen-bond acceptors (Lipinski definition) is 3. The second-order valence-electron chi connectivity index (χ2n) is 6.73. The molecule has 1 unspecified atom stereocenters. The normalized spacial score (nSPS) is 18.4. The van der Waals surface area contributed by atoms with Crippen molar-refractivity contribution >= 4 is 5.57 Å². The molecule has 0 aliphatic carbocycles. The van der Waals surface area contributed by atoms with Crippen molar-refractivity contribution in [3.63, 3.8) is 0 Å². The van der Waals surface area contributed by atoms with Crippen LogP contribution in [-0.2, 0) is 6.42 Å². The van der Waals surface area contributed by atoms with Gasteiger partial charge in [-0.15, -0.1) is 0 Å². The first-order valence-corrected chi connectivity index (χ1v) is 8.80. The lowest BCUT2D eigenvalue weighted by Gasteiger charge is -2.28. The van der Waals surface area contributed by atoms with Gasteiger partial charge in [-0.3, -0.25) is 4.90 Å². The van der Waals surface area contributed by atoms with Crippen LogP contribution in [0.25, 0.3) is 5.57 Å². The lowest BCUT2D eigenvalue weighted by atomic mass is 9.98. The molecule has 0 fully saturated rings. The van der Waals surface area contributed by atoms with Gasteiger partial charge in [0.25, 0.3) is 0 Å². The van der Waals surface area contributed by atoms with Crippen molar-refractivity contribution in [1.29, 1.82) is 0 Å². The van der Waals surface area contributed by atoms with Gasteiger partial charge in [0, 0.05) is 26.1 Å². The zero-order chi connectivity index (χ0) is 17.2. The summed E-state index contributed by atoms with van der Waals surface area (Å²) in [4.78, 5) is 2.25. The lowest BCUT2D eigenvalue weighted by Crippen LogP contribution is -2.32. The molecule has 4 rings (SSSR count). The van der Waals surface area contributed by atoms with E-state index >= 15 is 0 Å². The molecule has 0 saturated heterocycles. The van der Waals surface area contributed by atoms with Crippen LogP contribution < -0.4 is 4.74 Å². The Bertz CT molecular complexity index is 785. The summed E-state index contributed by atoms with van der Waals surface area (Å²) >= 11 is 0. The summed E-state index contributed by atoms with van der Waals surface area (Å²) in [7, 11) is 0. The minimum atomic E-state index is -0.494. The molecule has 0 spiro atoms. The first kappa shape index (κ1) is 16.3. The molecule has 0 bridgehead atoms. The van der Waals surface area contributed by atoms with Gasteiger partial charge in [-0.1, -0.05) is 24.3 Å². The lowest BCUT2D eigenvalue weighted by molar-refractivity contribution is 0.119. The highest BCUT2D eigenvalue weighted by atomic mass is 19.1. The van der Waals surface area contributed by atoms with Crippen molar-refractivity contribution in [2.75, 3.05) is 26.2 Å². The molecule has 2 aliphatic rings. The fourth-order valence-corrected chi connectivity index (χ4v) is 3.57. The first-order chi connectivity index (χ1) is 12.2. The van der Waals surface area contributed by atoms with Crippen LogP contribution in [0.1, 0.15) is 29.2 Å². The number of β-amino-alcohol motifs (C(OH)–C–C–N with tert-alkyl or cyclic N) is 1. The van der Waals surface area contributed by atoms with E-state index in [0.29, 0.717) is 6.54 Å². The Labute approximate surface area is 147 Å². The van der Waals surface area contributed by atoms with Crippen LogP contribution in [0.3, 0.4) is 0 Å². The van der Waals surface area contributed by atoms with Crippen molar-refractivity contribution in [3.8, 4) is 5.75 Å². The number of rotatable bonds is 4. The highest BCUT2D eigenvalue weighted by molar-refractivity contribution is 5.66. The van der Waals surface area contributed by atoms with Gasteiger partial charge < -0.3 is 9.84 Å². The molecule has 130 valence electrons. The largest absolute Gasteiger partial charge is 0.493 e. The third-order valence-electron chi connectivity index (χ3n) is 5.04. The monoisotopic (exact) mass is 339 g/mol. The Morgan fingerprint density at radius 1 is 1.12 bits per heavy atom. The minimum Gasteiger partial charge on any atom is -0.493 e. The predicted molar refractivity (Wildman–Crippen MR) is 96.0 cm³/mol. The van der Waals surface area contributed by atoms with Gasteiger partial charge in [0.05, 0.1) is 12.7 Å². The summed E-state index contributed by atoms with van der Waals surface area (Å²) in [6, 6.07) is 12.7. The third kappa shape index (κ3) is 3.60. The summed E-state index contributed by atoms with van der Waals surface area (Å²) in [6.45, 7) is 3.05. The molecule has 2 aliphatic heterocycles. The average molecular weight is 339 g/mol. The van der Waals surface area contributed by atoms with E-state index in [9.17, 15) is 9.50 Å². The van der Waals surface area contributed by atoms with E-state index < -0.39 is 6.10 Å². The van der Waals surface area contributed by atoms with E-state index in [1.165, 1.54) is 23.3 Å². The van der Waals surface area contributed by atoms with Gasteiger partial charge in [-0.25, -0.2) is 4.39 Å². The zero-order valence-corrected chi connectivity index (χ0v) is 14.1. The third-order valence-corrected chi connectivity index (χ3v) is 5.04. The second-order valence-corrected chi connectivity index (χ2v) is 6.73. The molecule has 0 amide bonds. The van der Waals surface area contributed by atoms with Crippen molar-refractivity contribution in [2.24, 2.45) is 0 Å². The number of ether oxygens (including phenoxy) is 1. The number of halogens is 1. The number of nitrogens with zero attached hydrogens (tertiary/aromatic N) is 1. The molecule has 25 heavy (non-hydrogen) atoms.